The van der Waals surface area contributed by atoms with Gasteiger partial charge in [-0.05, 0) is 0 Å². The third kappa shape index (κ3) is 3.25. The summed E-state index contributed by atoms with van der Waals surface area (Å²) in [7, 11) is 0. The molecule has 6 rings (SSSR count). The van der Waals surface area contributed by atoms with E-state index in [1.807, 2.05) is 24.5 Å². The summed E-state index contributed by atoms with van der Waals surface area (Å²) in [5.41, 5.74) is 2.19. The van der Waals surface area contributed by atoms with Crippen LogP contribution in [0.1, 0.15) is 0 Å². The first-order valence-electron chi connectivity index (χ1n) is 11.2. The molecule has 0 atom stereocenters. The Balaban J connectivity index is 1.87. The fourth-order valence-corrected chi connectivity index (χ4v) is 19.6. The van der Waals surface area contributed by atoms with E-state index in [0.29, 0.717) is 0 Å². The van der Waals surface area contributed by atoms with E-state index in [9.17, 15) is 0 Å². The van der Waals surface area contributed by atoms with Crippen LogP contribution in [0, 0.1) is 0 Å². The van der Waals surface area contributed by atoms with E-state index < -0.39 is 18.4 Å². The normalized spacial score (nSPS) is 11.6. The van der Waals surface area contributed by atoms with E-state index in [4.69, 9.17) is 9.97 Å². The van der Waals surface area contributed by atoms with Crippen LogP contribution in [-0.4, -0.2) is 28.3 Å². The van der Waals surface area contributed by atoms with Crippen molar-refractivity contribution in [2.75, 3.05) is 0 Å². The van der Waals surface area contributed by atoms with E-state index in [1.54, 1.807) is 0 Å². The number of para-hydroxylation sites is 2. The topological polar surface area (TPSA) is 25.8 Å². The van der Waals surface area contributed by atoms with Crippen LogP contribution in [0.3, 0.4) is 0 Å². The molecule has 0 unspecified atom stereocenters. The van der Waals surface area contributed by atoms with Gasteiger partial charge >= 0.3 is 198 Å². The monoisotopic (exact) mass is 530 g/mol. The predicted molar refractivity (Wildman–Crippen MR) is 141 cm³/mol. The molecule has 0 bridgehead atoms. The Morgan fingerprint density at radius 3 is 1.27 bits per heavy atom. The summed E-state index contributed by atoms with van der Waals surface area (Å²) in [6, 6.07) is 43.8. The maximum absolute atomic E-state index is 4.94. The van der Waals surface area contributed by atoms with Gasteiger partial charge in [0, 0.05) is 0 Å². The number of pyridine rings is 2. The van der Waals surface area contributed by atoms with Crippen LogP contribution in [0.25, 0.3) is 21.8 Å². The second-order valence-electron chi connectivity index (χ2n) is 8.24. The Bertz CT molecular complexity index is 1430. The first kappa shape index (κ1) is 20.1. The molecule has 0 N–H and O–H groups in total. The summed E-state index contributed by atoms with van der Waals surface area (Å²) >= 11 is -3.86. The first-order valence-corrected chi connectivity index (χ1v) is 16.9. The molecular weight excluding hydrogens is 507 g/mol. The number of hydrogen-bond donors (Lipinski definition) is 0. The third-order valence-corrected chi connectivity index (χ3v) is 20.2. The molecule has 0 aliphatic heterocycles. The molecule has 0 fully saturated rings. The number of fused-ring (bicyclic) bond motifs is 2. The van der Waals surface area contributed by atoms with Gasteiger partial charge in [0.2, 0.25) is 0 Å². The van der Waals surface area contributed by atoms with E-state index in [0.717, 1.165) is 11.0 Å². The summed E-state index contributed by atoms with van der Waals surface area (Å²) in [5, 5.41) is 2.35. The van der Waals surface area contributed by atoms with Crippen molar-refractivity contribution in [2.24, 2.45) is 0 Å². The van der Waals surface area contributed by atoms with E-state index in [-0.39, 0.29) is 0 Å². The van der Waals surface area contributed by atoms with Gasteiger partial charge in [-0.3, -0.25) is 0 Å². The quantitative estimate of drug-likeness (QED) is 0.321. The van der Waals surface area contributed by atoms with Gasteiger partial charge in [-0.15, -0.1) is 0 Å². The zero-order valence-electron chi connectivity index (χ0n) is 18.1. The molecule has 4 aromatic carbocycles. The minimum absolute atomic E-state index is 1.09. The first-order chi connectivity index (χ1) is 16.4. The Hall–Kier alpha value is -3.50. The van der Waals surface area contributed by atoms with Gasteiger partial charge in [0.1, 0.15) is 0 Å². The van der Waals surface area contributed by atoms with Gasteiger partial charge in [-0.2, -0.15) is 0 Å². The predicted octanol–water partition coefficient (Wildman–Crippen LogP) is 4.16. The summed E-state index contributed by atoms with van der Waals surface area (Å²) in [5.74, 6) is 0. The molecule has 2 nitrogen and oxygen atoms in total. The van der Waals surface area contributed by atoms with Crippen molar-refractivity contribution in [2.45, 2.75) is 0 Å². The summed E-state index contributed by atoms with van der Waals surface area (Å²) in [4.78, 5) is 9.87. The van der Waals surface area contributed by atoms with Gasteiger partial charge in [0.05, 0.1) is 0 Å². The number of nitrogens with zero attached hydrogens (tertiary/aromatic N) is 2. The number of aromatic nitrogens is 2. The zero-order valence-corrected chi connectivity index (χ0v) is 21.0. The zero-order chi connectivity index (χ0) is 22.1. The molecule has 0 spiro atoms. The molecule has 0 aliphatic rings. The van der Waals surface area contributed by atoms with Crippen molar-refractivity contribution in [1.29, 1.82) is 0 Å². The Morgan fingerprint density at radius 2 is 0.818 bits per heavy atom. The standard InChI is InChI=1S/2C9H6N.2C6H5.Sn/c2*1-2-6-9-8(4-1)5-3-7-10-9;2*1-2-4-6-5-3-1;/h2*1-5,7H;2*1-5H;. The van der Waals surface area contributed by atoms with Gasteiger partial charge in [-0.1, -0.05) is 0 Å². The van der Waals surface area contributed by atoms with Crippen LogP contribution in [0.4, 0.5) is 0 Å². The molecule has 0 saturated carbocycles. The Morgan fingerprint density at radius 1 is 0.394 bits per heavy atom. The number of hydrogen-bond acceptors (Lipinski definition) is 2. The van der Waals surface area contributed by atoms with Crippen molar-refractivity contribution >= 4 is 54.5 Å². The van der Waals surface area contributed by atoms with Crippen LogP contribution in [0.2, 0.25) is 0 Å². The van der Waals surface area contributed by atoms with Crippen LogP contribution in [0.15, 0.2) is 134 Å². The molecule has 6 aromatic rings. The third-order valence-electron chi connectivity index (χ3n) is 6.49. The van der Waals surface area contributed by atoms with E-state index in [1.165, 1.54) is 25.1 Å². The van der Waals surface area contributed by atoms with Crippen LogP contribution in [0.5, 0.6) is 0 Å². The number of benzene rings is 4. The van der Waals surface area contributed by atoms with E-state index >= 15 is 0 Å². The molecule has 33 heavy (non-hydrogen) atoms. The van der Waals surface area contributed by atoms with Crippen molar-refractivity contribution in [3.05, 3.63) is 134 Å². The number of rotatable bonds is 4. The van der Waals surface area contributed by atoms with Crippen LogP contribution < -0.4 is 14.3 Å². The maximum atomic E-state index is 4.94. The van der Waals surface area contributed by atoms with Gasteiger partial charge in [-0.25, -0.2) is 0 Å². The van der Waals surface area contributed by atoms with Crippen molar-refractivity contribution in [3.8, 4) is 0 Å². The Kier molecular flexibility index (Phi) is 5.15. The van der Waals surface area contributed by atoms with Gasteiger partial charge < -0.3 is 0 Å². The molecular formula is C30H22N2Sn. The average molecular weight is 529 g/mol. The average Bonchev–Trinajstić information content (AvgIpc) is 2.91. The fraction of sp³-hybridized carbons (Fsp3) is 0. The SMILES string of the molecule is c1cc[c]([Sn]([c]2ccccc2)([c]2cccc3cccnc23)[c]2cccc3cccnc23)cc1. The molecule has 0 aliphatic carbocycles. The molecule has 0 radical (unpaired) electrons. The Labute approximate surface area is 197 Å². The molecule has 2 heterocycles. The molecule has 0 amide bonds. The molecule has 0 saturated heterocycles. The minimum atomic E-state index is -3.86. The summed E-state index contributed by atoms with van der Waals surface area (Å²) < 4.78 is 5.51. The van der Waals surface area contributed by atoms with Crippen LogP contribution in [-0.2, 0) is 0 Å². The fourth-order valence-electron chi connectivity index (χ4n) is 5.12. The van der Waals surface area contributed by atoms with Gasteiger partial charge in [0.15, 0.2) is 0 Å². The summed E-state index contributed by atoms with van der Waals surface area (Å²) in [6.07, 6.45) is 3.83. The second-order valence-corrected chi connectivity index (χ2v) is 18.9. The molecule has 3 heteroatoms. The molecule has 156 valence electrons. The van der Waals surface area contributed by atoms with Gasteiger partial charge in [0.25, 0.3) is 0 Å². The van der Waals surface area contributed by atoms with E-state index in [2.05, 4.69) is 109 Å². The second kappa shape index (κ2) is 8.45. The van der Waals surface area contributed by atoms with Crippen molar-refractivity contribution in [1.82, 2.24) is 9.97 Å². The summed E-state index contributed by atoms with van der Waals surface area (Å²) in [6.45, 7) is 0. The van der Waals surface area contributed by atoms with Crippen molar-refractivity contribution in [3.63, 3.8) is 0 Å². The van der Waals surface area contributed by atoms with Crippen molar-refractivity contribution < 1.29 is 0 Å². The van der Waals surface area contributed by atoms with Crippen LogP contribution >= 0.6 is 0 Å². The molecule has 2 aromatic heterocycles.